The molecule has 0 aromatic carbocycles. The Bertz CT molecular complexity index is 857. The van der Waals surface area contributed by atoms with Crippen LogP contribution in [0.2, 0.25) is 0 Å². The van der Waals surface area contributed by atoms with Crippen molar-refractivity contribution in [1.82, 2.24) is 9.55 Å². The summed E-state index contributed by atoms with van der Waals surface area (Å²) in [5.74, 6) is 0.653. The van der Waals surface area contributed by atoms with E-state index in [-0.39, 0.29) is 11.1 Å². The highest BCUT2D eigenvalue weighted by atomic mass is 16.5. The summed E-state index contributed by atoms with van der Waals surface area (Å²) in [6.07, 6.45) is 5.34. The van der Waals surface area contributed by atoms with Crippen molar-refractivity contribution < 1.29 is 9.53 Å². The van der Waals surface area contributed by atoms with E-state index in [1.54, 1.807) is 29.0 Å². The van der Waals surface area contributed by atoms with Gasteiger partial charge in [0.2, 0.25) is 0 Å². The Labute approximate surface area is 153 Å². The predicted molar refractivity (Wildman–Crippen MR) is 101 cm³/mol. The molecule has 2 aromatic heterocycles. The minimum absolute atomic E-state index is 0.0689. The molecule has 1 aliphatic carbocycles. The van der Waals surface area contributed by atoms with E-state index in [2.05, 4.69) is 24.1 Å². The number of ether oxygens (including phenoxy) is 1. The van der Waals surface area contributed by atoms with Gasteiger partial charge in [-0.25, -0.2) is 4.98 Å². The molecule has 2 aromatic rings. The van der Waals surface area contributed by atoms with Crippen LogP contribution in [0.15, 0.2) is 29.2 Å². The predicted octanol–water partition coefficient (Wildman–Crippen LogP) is 3.04. The molecule has 1 N–H and O–H groups in total. The van der Waals surface area contributed by atoms with E-state index in [4.69, 9.17) is 4.74 Å². The number of hydrogen-bond donors (Lipinski definition) is 1. The average molecular weight is 355 g/mol. The SMILES string of the molecule is COc1c2c(n(CC(C)C)c(=O)c1C(=O)Nc1ccccn1)CCCC2. The molecular formula is C20H25N3O3. The fourth-order valence-corrected chi connectivity index (χ4v) is 3.54. The molecule has 0 aliphatic heterocycles. The second-order valence-electron chi connectivity index (χ2n) is 7.02. The first-order valence-electron chi connectivity index (χ1n) is 9.07. The molecule has 1 aliphatic rings. The van der Waals surface area contributed by atoms with Crippen LogP contribution in [0.5, 0.6) is 5.75 Å². The number of aromatic nitrogens is 2. The number of pyridine rings is 2. The van der Waals surface area contributed by atoms with Gasteiger partial charge in [0.25, 0.3) is 11.5 Å². The van der Waals surface area contributed by atoms with Gasteiger partial charge in [0.05, 0.1) is 7.11 Å². The third-order valence-electron chi connectivity index (χ3n) is 4.61. The molecule has 6 nitrogen and oxygen atoms in total. The number of hydrogen-bond acceptors (Lipinski definition) is 4. The zero-order valence-corrected chi connectivity index (χ0v) is 15.5. The average Bonchev–Trinajstić information content (AvgIpc) is 2.64. The summed E-state index contributed by atoms with van der Waals surface area (Å²) in [5, 5.41) is 2.72. The number of nitrogens with zero attached hydrogens (tertiary/aromatic N) is 2. The molecule has 0 bridgehead atoms. The van der Waals surface area contributed by atoms with Crippen molar-refractivity contribution in [3.63, 3.8) is 0 Å². The van der Waals surface area contributed by atoms with Crippen molar-refractivity contribution in [2.75, 3.05) is 12.4 Å². The Balaban J connectivity index is 2.14. The Morgan fingerprint density at radius 2 is 2.08 bits per heavy atom. The summed E-state index contributed by atoms with van der Waals surface area (Å²) in [5.41, 5.74) is 1.79. The largest absolute Gasteiger partial charge is 0.495 e. The van der Waals surface area contributed by atoms with Gasteiger partial charge >= 0.3 is 0 Å². The Morgan fingerprint density at radius 1 is 1.31 bits per heavy atom. The van der Waals surface area contributed by atoms with Crippen LogP contribution in [0, 0.1) is 5.92 Å². The van der Waals surface area contributed by atoms with E-state index in [1.807, 2.05) is 0 Å². The fraction of sp³-hybridized carbons (Fsp3) is 0.450. The standard InChI is InChI=1S/C20H25N3O3/c1-13(2)12-23-15-9-5-4-8-14(15)18(26-3)17(20(23)25)19(24)22-16-10-6-7-11-21-16/h6-7,10-11,13H,4-5,8-9,12H2,1-3H3,(H,21,22,24). The van der Waals surface area contributed by atoms with Crippen molar-refractivity contribution in [3.05, 3.63) is 51.6 Å². The van der Waals surface area contributed by atoms with Crippen LogP contribution in [0.1, 0.15) is 48.3 Å². The van der Waals surface area contributed by atoms with Gasteiger partial charge < -0.3 is 14.6 Å². The second kappa shape index (κ2) is 7.72. The van der Waals surface area contributed by atoms with E-state index < -0.39 is 5.91 Å². The molecule has 26 heavy (non-hydrogen) atoms. The summed E-state index contributed by atoms with van der Waals surface area (Å²) in [6, 6.07) is 5.24. The monoisotopic (exact) mass is 355 g/mol. The van der Waals surface area contributed by atoms with Crippen LogP contribution in [-0.4, -0.2) is 22.6 Å². The molecule has 138 valence electrons. The number of nitrogens with one attached hydrogen (secondary N) is 1. The van der Waals surface area contributed by atoms with E-state index in [1.165, 1.54) is 7.11 Å². The van der Waals surface area contributed by atoms with Crippen LogP contribution in [0.3, 0.4) is 0 Å². The van der Waals surface area contributed by atoms with Crippen molar-refractivity contribution in [3.8, 4) is 5.75 Å². The number of amides is 1. The van der Waals surface area contributed by atoms with Gasteiger partial charge in [-0.1, -0.05) is 19.9 Å². The van der Waals surface area contributed by atoms with Crippen molar-refractivity contribution >= 4 is 11.7 Å². The van der Waals surface area contributed by atoms with Gasteiger partial charge in [-0.3, -0.25) is 9.59 Å². The summed E-state index contributed by atoms with van der Waals surface area (Å²) < 4.78 is 7.32. The molecule has 0 saturated heterocycles. The highest BCUT2D eigenvalue weighted by Crippen LogP contribution is 2.31. The molecule has 0 atom stereocenters. The molecule has 3 rings (SSSR count). The number of anilines is 1. The smallest absolute Gasteiger partial charge is 0.267 e. The third-order valence-corrected chi connectivity index (χ3v) is 4.61. The minimum atomic E-state index is -0.476. The molecule has 0 fully saturated rings. The van der Waals surface area contributed by atoms with Gasteiger partial charge in [-0.05, 0) is 43.7 Å². The summed E-state index contributed by atoms with van der Waals surface area (Å²) >= 11 is 0. The number of rotatable bonds is 5. The quantitative estimate of drug-likeness (QED) is 0.895. The Hall–Kier alpha value is -2.63. The maximum Gasteiger partial charge on any atom is 0.267 e. The van der Waals surface area contributed by atoms with Crippen LogP contribution < -0.4 is 15.6 Å². The Kier molecular flexibility index (Phi) is 5.40. The summed E-state index contributed by atoms with van der Waals surface area (Å²) in [6.45, 7) is 4.73. The van der Waals surface area contributed by atoms with Crippen LogP contribution in [0.25, 0.3) is 0 Å². The van der Waals surface area contributed by atoms with E-state index in [9.17, 15) is 9.59 Å². The van der Waals surface area contributed by atoms with Crippen molar-refractivity contribution in [1.29, 1.82) is 0 Å². The highest BCUT2D eigenvalue weighted by molar-refractivity contribution is 6.05. The summed E-state index contributed by atoms with van der Waals surface area (Å²) in [4.78, 5) is 30.2. The maximum atomic E-state index is 13.2. The van der Waals surface area contributed by atoms with Crippen LogP contribution in [-0.2, 0) is 19.4 Å². The molecular weight excluding hydrogens is 330 g/mol. The van der Waals surface area contributed by atoms with Crippen molar-refractivity contribution in [2.24, 2.45) is 5.92 Å². The first-order chi connectivity index (χ1) is 12.5. The second-order valence-corrected chi connectivity index (χ2v) is 7.02. The lowest BCUT2D eigenvalue weighted by molar-refractivity contribution is 0.102. The normalized spacial score (nSPS) is 13.4. The first-order valence-corrected chi connectivity index (χ1v) is 9.07. The number of carbonyl (C=O) groups excluding carboxylic acids is 1. The molecule has 2 heterocycles. The zero-order chi connectivity index (χ0) is 18.7. The molecule has 1 amide bonds. The highest BCUT2D eigenvalue weighted by Gasteiger charge is 2.28. The fourth-order valence-electron chi connectivity index (χ4n) is 3.54. The topological polar surface area (TPSA) is 73.2 Å². The van der Waals surface area contributed by atoms with E-state index in [0.29, 0.717) is 24.0 Å². The van der Waals surface area contributed by atoms with Gasteiger partial charge in [0, 0.05) is 24.0 Å². The number of methoxy groups -OCH3 is 1. The molecule has 6 heteroatoms. The number of carbonyl (C=O) groups is 1. The lowest BCUT2D eigenvalue weighted by atomic mass is 9.92. The van der Waals surface area contributed by atoms with Gasteiger partial charge in [-0.2, -0.15) is 0 Å². The van der Waals surface area contributed by atoms with Crippen molar-refractivity contribution in [2.45, 2.75) is 46.1 Å². The molecule has 0 radical (unpaired) electrons. The van der Waals surface area contributed by atoms with Gasteiger partial charge in [0.15, 0.2) is 0 Å². The molecule has 0 saturated carbocycles. The van der Waals surface area contributed by atoms with Crippen LogP contribution >= 0.6 is 0 Å². The lowest BCUT2D eigenvalue weighted by Crippen LogP contribution is -2.35. The van der Waals surface area contributed by atoms with E-state index in [0.717, 1.165) is 36.9 Å². The third kappa shape index (κ3) is 3.49. The Morgan fingerprint density at radius 3 is 2.73 bits per heavy atom. The minimum Gasteiger partial charge on any atom is -0.495 e. The van der Waals surface area contributed by atoms with Gasteiger partial charge in [0.1, 0.15) is 17.1 Å². The van der Waals surface area contributed by atoms with Gasteiger partial charge in [-0.15, -0.1) is 0 Å². The summed E-state index contributed by atoms with van der Waals surface area (Å²) in [7, 11) is 1.52. The number of fused-ring (bicyclic) bond motifs is 1. The lowest BCUT2D eigenvalue weighted by Gasteiger charge is -2.26. The van der Waals surface area contributed by atoms with Crippen LogP contribution in [0.4, 0.5) is 5.82 Å². The molecule has 0 spiro atoms. The van der Waals surface area contributed by atoms with E-state index >= 15 is 0 Å². The zero-order valence-electron chi connectivity index (χ0n) is 15.5. The molecule has 0 unspecified atom stereocenters. The maximum absolute atomic E-state index is 13.2. The first kappa shape index (κ1) is 18.2.